The summed E-state index contributed by atoms with van der Waals surface area (Å²) in [5.41, 5.74) is 0. The van der Waals surface area contributed by atoms with Crippen molar-refractivity contribution in [2.45, 2.75) is 85.0 Å². The molecule has 0 heterocycles. The molecule has 0 rings (SSSR count). The van der Waals surface area contributed by atoms with Gasteiger partial charge in [0.15, 0.2) is 0 Å². The number of halogens is 1. The molecule has 0 aliphatic rings. The molecule has 17 heavy (non-hydrogen) atoms. The molecule has 0 N–H and O–H groups in total. The van der Waals surface area contributed by atoms with Crippen LogP contribution in [0.5, 0.6) is 0 Å². The van der Waals surface area contributed by atoms with Gasteiger partial charge >= 0.3 is 0 Å². The highest BCUT2D eigenvalue weighted by Crippen LogP contribution is 2.20. The fraction of sp³-hybridized carbons (Fsp3) is 1.00. The Bertz CT molecular complexity index is 142. The molecule has 0 spiro atoms. The largest absolute Gasteiger partial charge is 0.126 e. The summed E-state index contributed by atoms with van der Waals surface area (Å²) in [6.07, 6.45) is 14.0. The quantitative estimate of drug-likeness (QED) is 0.281. The number of rotatable bonds is 12. The first-order valence-corrected chi connectivity index (χ1v) is 8.30. The molecule has 0 radical (unpaired) electrons. The predicted octanol–water partition coefficient (Wildman–Crippen LogP) is 6.42. The molecule has 0 saturated heterocycles. The summed E-state index contributed by atoms with van der Waals surface area (Å²) in [4.78, 5) is 0. The molecule has 0 saturated carbocycles. The fourth-order valence-corrected chi connectivity index (χ4v) is 2.77. The van der Waals surface area contributed by atoms with E-state index in [0.717, 1.165) is 17.7 Å². The monoisotopic (exact) mass is 260 g/mol. The fourth-order valence-electron chi connectivity index (χ4n) is 2.49. The summed E-state index contributed by atoms with van der Waals surface area (Å²) in [7, 11) is 0. The van der Waals surface area contributed by atoms with E-state index in [-0.39, 0.29) is 0 Å². The number of hydrogen-bond donors (Lipinski definition) is 0. The van der Waals surface area contributed by atoms with Gasteiger partial charge in [-0.15, -0.1) is 11.6 Å². The standard InChI is InChI=1S/C16H33Cl/c1-4-5-6-7-8-9-10-11-12-16(14-17)13-15(2)3/h15-16H,4-14H2,1-3H3. The third kappa shape index (κ3) is 12.5. The highest BCUT2D eigenvalue weighted by molar-refractivity contribution is 6.18. The Morgan fingerprint density at radius 3 is 1.82 bits per heavy atom. The van der Waals surface area contributed by atoms with E-state index in [2.05, 4.69) is 20.8 Å². The van der Waals surface area contributed by atoms with Crippen LogP contribution in [0.25, 0.3) is 0 Å². The van der Waals surface area contributed by atoms with Gasteiger partial charge in [0, 0.05) is 5.88 Å². The Morgan fingerprint density at radius 2 is 1.35 bits per heavy atom. The summed E-state index contributed by atoms with van der Waals surface area (Å²) in [5.74, 6) is 2.42. The van der Waals surface area contributed by atoms with E-state index in [9.17, 15) is 0 Å². The van der Waals surface area contributed by atoms with E-state index in [1.165, 1.54) is 64.2 Å². The summed E-state index contributed by atoms with van der Waals surface area (Å²) < 4.78 is 0. The van der Waals surface area contributed by atoms with Crippen molar-refractivity contribution in [1.82, 2.24) is 0 Å². The van der Waals surface area contributed by atoms with Crippen molar-refractivity contribution in [3.63, 3.8) is 0 Å². The van der Waals surface area contributed by atoms with Crippen molar-refractivity contribution in [1.29, 1.82) is 0 Å². The molecular formula is C16H33Cl. The van der Waals surface area contributed by atoms with Gasteiger partial charge in [-0.2, -0.15) is 0 Å². The second-order valence-corrected chi connectivity index (χ2v) is 6.22. The van der Waals surface area contributed by atoms with Gasteiger partial charge in [0.2, 0.25) is 0 Å². The number of hydrogen-bond acceptors (Lipinski definition) is 0. The first-order valence-electron chi connectivity index (χ1n) is 7.76. The lowest BCUT2D eigenvalue weighted by molar-refractivity contribution is 0.401. The van der Waals surface area contributed by atoms with Gasteiger partial charge in [-0.05, 0) is 24.7 Å². The molecule has 1 heteroatoms. The highest BCUT2D eigenvalue weighted by Gasteiger charge is 2.08. The third-order valence-electron chi connectivity index (χ3n) is 3.49. The van der Waals surface area contributed by atoms with Gasteiger partial charge in [0.25, 0.3) is 0 Å². The highest BCUT2D eigenvalue weighted by atomic mass is 35.5. The van der Waals surface area contributed by atoms with E-state index in [4.69, 9.17) is 11.6 Å². The van der Waals surface area contributed by atoms with Crippen LogP contribution in [-0.4, -0.2) is 5.88 Å². The first-order chi connectivity index (χ1) is 8.20. The van der Waals surface area contributed by atoms with Crippen LogP contribution in [0.15, 0.2) is 0 Å². The number of unbranched alkanes of at least 4 members (excludes halogenated alkanes) is 7. The van der Waals surface area contributed by atoms with Crippen molar-refractivity contribution < 1.29 is 0 Å². The maximum absolute atomic E-state index is 6.01. The van der Waals surface area contributed by atoms with Crippen molar-refractivity contribution in [3.8, 4) is 0 Å². The Balaban J connectivity index is 3.25. The maximum atomic E-state index is 6.01. The molecule has 1 atom stereocenters. The summed E-state index contributed by atoms with van der Waals surface area (Å²) in [6.45, 7) is 6.88. The van der Waals surface area contributed by atoms with Crippen LogP contribution in [0.4, 0.5) is 0 Å². The Kier molecular flexibility index (Phi) is 13.0. The topological polar surface area (TPSA) is 0 Å². The lowest BCUT2D eigenvalue weighted by atomic mass is 9.93. The Morgan fingerprint density at radius 1 is 0.824 bits per heavy atom. The van der Waals surface area contributed by atoms with Gasteiger partial charge < -0.3 is 0 Å². The predicted molar refractivity (Wildman–Crippen MR) is 80.9 cm³/mol. The molecular weight excluding hydrogens is 228 g/mol. The zero-order valence-electron chi connectivity index (χ0n) is 12.3. The van der Waals surface area contributed by atoms with Crippen molar-refractivity contribution in [3.05, 3.63) is 0 Å². The first kappa shape index (κ1) is 17.3. The maximum Gasteiger partial charge on any atom is 0.0251 e. The molecule has 0 aromatic carbocycles. The molecule has 104 valence electrons. The van der Waals surface area contributed by atoms with Crippen LogP contribution in [0.3, 0.4) is 0 Å². The minimum absolute atomic E-state index is 0.761. The van der Waals surface area contributed by atoms with Crippen LogP contribution in [0, 0.1) is 11.8 Å². The molecule has 0 amide bonds. The van der Waals surface area contributed by atoms with Crippen molar-refractivity contribution in [2.24, 2.45) is 11.8 Å². The Labute approximate surface area is 115 Å². The summed E-state index contributed by atoms with van der Waals surface area (Å²) >= 11 is 6.01. The molecule has 0 aromatic rings. The molecule has 0 nitrogen and oxygen atoms in total. The van der Waals surface area contributed by atoms with Crippen molar-refractivity contribution >= 4 is 11.6 Å². The molecule has 0 bridgehead atoms. The van der Waals surface area contributed by atoms with Crippen LogP contribution < -0.4 is 0 Å². The van der Waals surface area contributed by atoms with Gasteiger partial charge in [-0.25, -0.2) is 0 Å². The van der Waals surface area contributed by atoms with Crippen molar-refractivity contribution in [2.75, 3.05) is 5.88 Å². The van der Waals surface area contributed by atoms with Crippen LogP contribution in [0.2, 0.25) is 0 Å². The molecule has 0 aliphatic carbocycles. The smallest absolute Gasteiger partial charge is 0.0251 e. The zero-order valence-corrected chi connectivity index (χ0v) is 13.1. The summed E-state index contributed by atoms with van der Waals surface area (Å²) in [6, 6.07) is 0. The van der Waals surface area contributed by atoms with Crippen LogP contribution in [-0.2, 0) is 0 Å². The minimum atomic E-state index is 0.761. The van der Waals surface area contributed by atoms with E-state index >= 15 is 0 Å². The Hall–Kier alpha value is 0.290. The zero-order chi connectivity index (χ0) is 12.9. The van der Waals surface area contributed by atoms with Gasteiger partial charge in [-0.1, -0.05) is 72.1 Å². The normalized spacial score (nSPS) is 13.2. The van der Waals surface area contributed by atoms with E-state index in [1.54, 1.807) is 0 Å². The van der Waals surface area contributed by atoms with Gasteiger partial charge in [0.1, 0.15) is 0 Å². The molecule has 0 aliphatic heterocycles. The molecule has 0 fully saturated rings. The van der Waals surface area contributed by atoms with Crippen LogP contribution >= 0.6 is 11.6 Å². The average molecular weight is 261 g/mol. The van der Waals surface area contributed by atoms with E-state index in [0.29, 0.717) is 0 Å². The SMILES string of the molecule is CCCCCCCCCCC(CCl)CC(C)C. The second kappa shape index (κ2) is 12.7. The minimum Gasteiger partial charge on any atom is -0.126 e. The lowest BCUT2D eigenvalue weighted by Crippen LogP contribution is -2.06. The van der Waals surface area contributed by atoms with E-state index in [1.807, 2.05) is 0 Å². The lowest BCUT2D eigenvalue weighted by Gasteiger charge is -2.15. The average Bonchev–Trinajstić information content (AvgIpc) is 2.30. The summed E-state index contributed by atoms with van der Waals surface area (Å²) in [5, 5.41) is 0. The third-order valence-corrected chi connectivity index (χ3v) is 3.93. The van der Waals surface area contributed by atoms with Gasteiger partial charge in [0.05, 0.1) is 0 Å². The van der Waals surface area contributed by atoms with Crippen LogP contribution in [0.1, 0.15) is 85.0 Å². The second-order valence-electron chi connectivity index (χ2n) is 5.91. The van der Waals surface area contributed by atoms with Gasteiger partial charge in [-0.3, -0.25) is 0 Å². The molecule has 1 unspecified atom stereocenters. The number of alkyl halides is 1. The van der Waals surface area contributed by atoms with E-state index < -0.39 is 0 Å². The molecule has 0 aromatic heterocycles.